The van der Waals surface area contributed by atoms with Gasteiger partial charge in [0.2, 0.25) is 5.91 Å². The Morgan fingerprint density at radius 1 is 1.29 bits per heavy atom. The fourth-order valence-electron chi connectivity index (χ4n) is 2.28. The number of nitrogens with one attached hydrogen (secondary N) is 1. The molecule has 0 bridgehead atoms. The molecule has 0 radical (unpaired) electrons. The molecule has 1 aliphatic carbocycles. The molecule has 1 atom stereocenters. The van der Waals surface area contributed by atoms with Crippen molar-refractivity contribution in [2.75, 3.05) is 6.54 Å². The first-order chi connectivity index (χ1) is 7.80. The van der Waals surface area contributed by atoms with Crippen molar-refractivity contribution in [2.45, 2.75) is 59.4 Å². The molecule has 0 aliphatic heterocycles. The summed E-state index contributed by atoms with van der Waals surface area (Å²) in [5.41, 5.74) is 5.76. The molecule has 0 spiro atoms. The van der Waals surface area contributed by atoms with Crippen LogP contribution in [0.1, 0.15) is 53.4 Å². The molecule has 3 heteroatoms. The van der Waals surface area contributed by atoms with Crippen molar-refractivity contribution in [2.24, 2.45) is 23.0 Å². The average Bonchev–Trinajstić information content (AvgIpc) is 2.25. The first kappa shape index (κ1) is 14.5. The van der Waals surface area contributed by atoms with E-state index in [4.69, 9.17) is 5.73 Å². The Morgan fingerprint density at radius 2 is 1.82 bits per heavy atom. The number of amides is 1. The Kier molecular flexibility index (Phi) is 4.99. The number of carbonyl (C=O) groups excluding carboxylic acids is 1. The first-order valence-corrected chi connectivity index (χ1v) is 6.84. The molecule has 3 N–H and O–H groups in total. The first-order valence-electron chi connectivity index (χ1n) is 6.84. The second-order valence-corrected chi connectivity index (χ2v) is 6.71. The summed E-state index contributed by atoms with van der Waals surface area (Å²) in [5, 5.41) is 3.01. The van der Waals surface area contributed by atoms with Gasteiger partial charge in [0.05, 0.1) is 6.04 Å². The standard InChI is InChI=1S/C14H28N2O/c1-10-5-7-11(8-6-10)9-16-13(17)12(15)14(2,3)4/h10-12H,5-9,15H2,1-4H3,(H,16,17)/t10?,11?,12-/m0/s1. The van der Waals surface area contributed by atoms with Gasteiger partial charge in [-0.15, -0.1) is 0 Å². The van der Waals surface area contributed by atoms with E-state index in [1.165, 1.54) is 25.7 Å². The van der Waals surface area contributed by atoms with Crippen LogP contribution in [-0.2, 0) is 4.79 Å². The molecule has 1 saturated carbocycles. The molecule has 0 saturated heterocycles. The molecular formula is C14H28N2O. The van der Waals surface area contributed by atoms with Gasteiger partial charge in [-0.25, -0.2) is 0 Å². The number of carbonyl (C=O) groups is 1. The van der Waals surface area contributed by atoms with E-state index in [2.05, 4.69) is 12.2 Å². The van der Waals surface area contributed by atoms with Crippen LogP contribution in [0.2, 0.25) is 0 Å². The summed E-state index contributed by atoms with van der Waals surface area (Å²) in [4.78, 5) is 11.9. The molecule has 1 amide bonds. The van der Waals surface area contributed by atoms with Crippen molar-refractivity contribution in [3.8, 4) is 0 Å². The van der Waals surface area contributed by atoms with Crippen molar-refractivity contribution in [3.63, 3.8) is 0 Å². The summed E-state index contributed by atoms with van der Waals surface area (Å²) in [5.74, 6) is 1.51. The maximum Gasteiger partial charge on any atom is 0.237 e. The van der Waals surface area contributed by atoms with Gasteiger partial charge in [-0.2, -0.15) is 0 Å². The van der Waals surface area contributed by atoms with Crippen molar-refractivity contribution >= 4 is 5.91 Å². The van der Waals surface area contributed by atoms with E-state index < -0.39 is 6.04 Å². The van der Waals surface area contributed by atoms with Gasteiger partial charge in [-0.05, 0) is 30.1 Å². The number of hydrogen-bond acceptors (Lipinski definition) is 2. The predicted octanol–water partition coefficient (Wildman–Crippen LogP) is 2.30. The fourth-order valence-corrected chi connectivity index (χ4v) is 2.28. The fraction of sp³-hybridized carbons (Fsp3) is 0.929. The van der Waals surface area contributed by atoms with Crippen LogP contribution in [0.25, 0.3) is 0 Å². The van der Waals surface area contributed by atoms with E-state index in [0.29, 0.717) is 5.92 Å². The maximum atomic E-state index is 11.9. The zero-order chi connectivity index (χ0) is 13.1. The Balaban J connectivity index is 2.29. The van der Waals surface area contributed by atoms with Gasteiger partial charge in [0.1, 0.15) is 0 Å². The van der Waals surface area contributed by atoms with Gasteiger partial charge >= 0.3 is 0 Å². The summed E-state index contributed by atoms with van der Waals surface area (Å²) in [7, 11) is 0. The van der Waals surface area contributed by atoms with Crippen LogP contribution in [-0.4, -0.2) is 18.5 Å². The zero-order valence-electron chi connectivity index (χ0n) is 11.8. The van der Waals surface area contributed by atoms with E-state index in [1.807, 2.05) is 20.8 Å². The zero-order valence-corrected chi connectivity index (χ0v) is 11.8. The minimum atomic E-state index is -0.412. The minimum Gasteiger partial charge on any atom is -0.354 e. The van der Waals surface area contributed by atoms with Gasteiger partial charge in [-0.3, -0.25) is 4.79 Å². The Labute approximate surface area is 106 Å². The molecule has 1 fully saturated rings. The Hall–Kier alpha value is -0.570. The lowest BCUT2D eigenvalue weighted by atomic mass is 9.82. The van der Waals surface area contributed by atoms with E-state index >= 15 is 0 Å². The second kappa shape index (κ2) is 5.85. The number of nitrogens with two attached hydrogens (primary N) is 1. The van der Waals surface area contributed by atoms with Crippen molar-refractivity contribution in [1.29, 1.82) is 0 Å². The third kappa shape index (κ3) is 4.66. The molecule has 0 heterocycles. The molecule has 0 aromatic heterocycles. The average molecular weight is 240 g/mol. The van der Waals surface area contributed by atoms with E-state index in [0.717, 1.165) is 12.5 Å². The highest BCUT2D eigenvalue weighted by Crippen LogP contribution is 2.27. The monoisotopic (exact) mass is 240 g/mol. The van der Waals surface area contributed by atoms with Crippen LogP contribution in [0.15, 0.2) is 0 Å². The molecule has 1 rings (SSSR count). The topological polar surface area (TPSA) is 55.1 Å². The molecular weight excluding hydrogens is 212 g/mol. The van der Waals surface area contributed by atoms with Crippen LogP contribution in [0.5, 0.6) is 0 Å². The minimum absolute atomic E-state index is 0.00359. The summed E-state index contributed by atoms with van der Waals surface area (Å²) >= 11 is 0. The highest BCUT2D eigenvalue weighted by molar-refractivity contribution is 5.82. The van der Waals surface area contributed by atoms with E-state index in [9.17, 15) is 4.79 Å². The van der Waals surface area contributed by atoms with Gasteiger partial charge in [0.15, 0.2) is 0 Å². The number of hydrogen-bond donors (Lipinski definition) is 2. The summed E-state index contributed by atoms with van der Waals surface area (Å²) in [6.45, 7) is 9.11. The molecule has 3 nitrogen and oxygen atoms in total. The lowest BCUT2D eigenvalue weighted by Crippen LogP contribution is -2.49. The van der Waals surface area contributed by atoms with Gasteiger partial charge in [-0.1, -0.05) is 40.5 Å². The van der Waals surface area contributed by atoms with Gasteiger partial charge in [0.25, 0.3) is 0 Å². The SMILES string of the molecule is CC1CCC(CNC(=O)[C@H](N)C(C)(C)C)CC1. The Morgan fingerprint density at radius 3 is 2.29 bits per heavy atom. The highest BCUT2D eigenvalue weighted by atomic mass is 16.2. The van der Waals surface area contributed by atoms with Crippen molar-refractivity contribution < 1.29 is 4.79 Å². The van der Waals surface area contributed by atoms with Crippen molar-refractivity contribution in [1.82, 2.24) is 5.32 Å². The molecule has 0 aromatic carbocycles. The van der Waals surface area contributed by atoms with Gasteiger partial charge < -0.3 is 11.1 Å². The summed E-state index contributed by atoms with van der Waals surface area (Å²) < 4.78 is 0. The maximum absolute atomic E-state index is 11.9. The van der Waals surface area contributed by atoms with Crippen LogP contribution < -0.4 is 11.1 Å². The lowest BCUT2D eigenvalue weighted by molar-refractivity contribution is -0.124. The smallest absolute Gasteiger partial charge is 0.237 e. The quantitative estimate of drug-likeness (QED) is 0.795. The van der Waals surface area contributed by atoms with Crippen LogP contribution >= 0.6 is 0 Å². The highest BCUT2D eigenvalue weighted by Gasteiger charge is 2.28. The normalized spacial score (nSPS) is 27.6. The predicted molar refractivity (Wildman–Crippen MR) is 71.6 cm³/mol. The van der Waals surface area contributed by atoms with E-state index in [1.54, 1.807) is 0 Å². The Bertz CT molecular complexity index is 249. The number of rotatable bonds is 3. The van der Waals surface area contributed by atoms with Crippen LogP contribution in [0.3, 0.4) is 0 Å². The molecule has 100 valence electrons. The van der Waals surface area contributed by atoms with Gasteiger partial charge in [0, 0.05) is 6.54 Å². The lowest BCUT2D eigenvalue weighted by Gasteiger charge is -2.29. The third-order valence-corrected chi connectivity index (χ3v) is 3.92. The van der Waals surface area contributed by atoms with Crippen LogP contribution in [0, 0.1) is 17.3 Å². The third-order valence-electron chi connectivity index (χ3n) is 3.92. The van der Waals surface area contributed by atoms with Crippen molar-refractivity contribution in [3.05, 3.63) is 0 Å². The second-order valence-electron chi connectivity index (χ2n) is 6.71. The molecule has 17 heavy (non-hydrogen) atoms. The largest absolute Gasteiger partial charge is 0.354 e. The molecule has 0 aromatic rings. The molecule has 0 unspecified atom stereocenters. The summed E-state index contributed by atoms with van der Waals surface area (Å²) in [6.07, 6.45) is 5.08. The van der Waals surface area contributed by atoms with E-state index in [-0.39, 0.29) is 11.3 Å². The van der Waals surface area contributed by atoms with Crippen LogP contribution in [0.4, 0.5) is 0 Å². The molecule has 1 aliphatic rings. The summed E-state index contributed by atoms with van der Waals surface area (Å²) in [6, 6.07) is -0.412.